The summed E-state index contributed by atoms with van der Waals surface area (Å²) in [5.74, 6) is 1.20. The Hall–Kier alpha value is -4.16. The third-order valence-electron chi connectivity index (χ3n) is 11.2. The molecule has 1 unspecified atom stereocenters. The average molecular weight is 686 g/mol. The number of hydrogen-bond acceptors (Lipinski definition) is 8. The smallest absolute Gasteiger partial charge is 0.407 e. The lowest BCUT2D eigenvalue weighted by Crippen LogP contribution is -2.55. The fraction of sp³-hybridized carbons (Fsp3) is 0.486. The molecular weight excluding hydrogens is 639 g/mol. The summed E-state index contributed by atoms with van der Waals surface area (Å²) in [5, 5.41) is 6.69. The van der Waals surface area contributed by atoms with E-state index in [9.17, 15) is 13.2 Å². The van der Waals surface area contributed by atoms with Crippen molar-refractivity contribution in [2.75, 3.05) is 44.7 Å². The van der Waals surface area contributed by atoms with E-state index < -0.39 is 9.84 Å². The van der Waals surface area contributed by atoms with Gasteiger partial charge in [0.25, 0.3) is 0 Å². The maximum atomic E-state index is 13.0. The second-order valence-electron chi connectivity index (χ2n) is 14.1. The first-order valence-electron chi connectivity index (χ1n) is 17.5. The van der Waals surface area contributed by atoms with Crippen LogP contribution in [0.15, 0.2) is 95.5 Å². The van der Waals surface area contributed by atoms with Gasteiger partial charge in [0.15, 0.2) is 0 Å². The highest BCUT2D eigenvalue weighted by Gasteiger charge is 2.53. The molecule has 2 aliphatic heterocycles. The summed E-state index contributed by atoms with van der Waals surface area (Å²) in [6, 6.07) is 18.2. The molecule has 0 spiro atoms. The van der Waals surface area contributed by atoms with Crippen molar-refractivity contribution in [3.63, 3.8) is 0 Å². The Morgan fingerprint density at radius 1 is 1.00 bits per heavy atom. The summed E-state index contributed by atoms with van der Waals surface area (Å²) < 4.78 is 35.7. The number of carbonyl (C=O) groups excluding carboxylic acids is 1. The summed E-state index contributed by atoms with van der Waals surface area (Å²) >= 11 is 0. The number of carbonyl (C=O) groups is 1. The van der Waals surface area contributed by atoms with Crippen molar-refractivity contribution in [2.45, 2.75) is 60.0 Å². The number of nitrogens with zero attached hydrogens (tertiary/aromatic N) is 6. The van der Waals surface area contributed by atoms with Gasteiger partial charge in [0, 0.05) is 81.8 Å². The third kappa shape index (κ3) is 6.72. The van der Waals surface area contributed by atoms with Crippen molar-refractivity contribution in [2.24, 2.45) is 24.8 Å². The van der Waals surface area contributed by atoms with E-state index in [4.69, 9.17) is 4.74 Å². The molecule has 2 saturated heterocycles. The zero-order valence-electron chi connectivity index (χ0n) is 28.4. The molecule has 1 aliphatic carbocycles. The van der Waals surface area contributed by atoms with Crippen LogP contribution in [0.3, 0.4) is 0 Å². The summed E-state index contributed by atoms with van der Waals surface area (Å²) in [7, 11) is -0.237. The summed E-state index contributed by atoms with van der Waals surface area (Å²) in [5.41, 5.74) is 2.18. The van der Waals surface area contributed by atoms with E-state index in [-0.39, 0.29) is 33.3 Å². The predicted molar refractivity (Wildman–Crippen MR) is 187 cm³/mol. The number of amides is 1. The third-order valence-corrected chi connectivity index (χ3v) is 12.9. The number of nitrogens with one attached hydrogen (secondary N) is 1. The molecule has 3 aliphatic rings. The number of hydrogen-bond donors (Lipinski definition) is 1. The van der Waals surface area contributed by atoms with Gasteiger partial charge in [-0.25, -0.2) is 18.2 Å². The van der Waals surface area contributed by atoms with Crippen LogP contribution in [0.4, 0.5) is 10.5 Å². The molecule has 260 valence electrons. The molecule has 3 atom stereocenters. The van der Waals surface area contributed by atoms with Gasteiger partial charge in [-0.2, -0.15) is 5.10 Å². The van der Waals surface area contributed by atoms with Crippen molar-refractivity contribution in [1.82, 2.24) is 29.5 Å². The molecule has 2 aromatic carbocycles. The molecule has 2 aromatic heterocycles. The van der Waals surface area contributed by atoms with Crippen LogP contribution in [-0.2, 0) is 33.6 Å². The van der Waals surface area contributed by atoms with Gasteiger partial charge >= 0.3 is 6.09 Å². The van der Waals surface area contributed by atoms with E-state index in [1.807, 2.05) is 24.7 Å². The molecule has 3 fully saturated rings. The molecule has 7 rings (SSSR count). The minimum Gasteiger partial charge on any atom is -0.446 e. The molecule has 4 aromatic rings. The van der Waals surface area contributed by atoms with E-state index in [0.717, 1.165) is 77.1 Å². The second-order valence-corrected chi connectivity index (χ2v) is 16.0. The highest BCUT2D eigenvalue weighted by molar-refractivity contribution is 7.91. The van der Waals surface area contributed by atoms with Crippen LogP contribution in [0.25, 0.3) is 0 Å². The first-order chi connectivity index (χ1) is 23.8. The van der Waals surface area contributed by atoms with Gasteiger partial charge in [-0.3, -0.25) is 4.68 Å². The van der Waals surface area contributed by atoms with Gasteiger partial charge in [0.05, 0.1) is 17.4 Å². The number of piperidine rings is 1. The number of aryl methyl sites for hydroxylation is 1. The minimum atomic E-state index is -3.58. The molecule has 4 heterocycles. The van der Waals surface area contributed by atoms with Crippen LogP contribution in [0.1, 0.15) is 37.7 Å². The number of sulfone groups is 1. The summed E-state index contributed by atoms with van der Waals surface area (Å²) in [4.78, 5) is 22.3. The van der Waals surface area contributed by atoms with E-state index in [2.05, 4.69) is 66.3 Å². The molecule has 49 heavy (non-hydrogen) atoms. The molecule has 11 nitrogen and oxygen atoms in total. The SMILES string of the molecule is CNC(=O)O[C@@H]1CCC[C@H]1C(Cn1ccnc1)(c1ccccc1)C1CCN(CC2CN(c3ccc(S(=O)(=O)c4cnn(C)c4)cc3)C2)CC1. The molecule has 1 saturated carbocycles. The molecule has 12 heteroatoms. The standard InChI is InChI=1S/C37H47N7O4S/c1-38-36(45)48-35-10-6-9-34(35)37(26-43-20-17-39-27-43,29-7-4-3-5-8-29)30-15-18-42(19-16-30)22-28-23-44(24-28)31-11-13-32(14-12-31)49(46,47)33-21-40-41(2)25-33/h3-5,7-8,11-14,17,20-21,25,27-28,30,34-35H,6,9-10,15-16,18-19,22-24,26H2,1-2H3,(H,38,45)/t34-,35-,37?/m1/s1. The van der Waals surface area contributed by atoms with Crippen LogP contribution in [0.5, 0.6) is 0 Å². The Labute approximate surface area is 289 Å². The lowest BCUT2D eigenvalue weighted by Gasteiger charge is -2.51. The van der Waals surface area contributed by atoms with E-state index in [1.54, 1.807) is 26.2 Å². The highest BCUT2D eigenvalue weighted by atomic mass is 32.2. The molecule has 0 radical (unpaired) electrons. The Kier molecular flexibility index (Phi) is 9.52. The zero-order valence-corrected chi connectivity index (χ0v) is 29.2. The number of benzene rings is 2. The Balaban J connectivity index is 1.02. The fourth-order valence-corrected chi connectivity index (χ4v) is 10.0. The largest absolute Gasteiger partial charge is 0.446 e. The van der Waals surface area contributed by atoms with Crippen molar-refractivity contribution >= 4 is 21.6 Å². The number of likely N-dealkylation sites (tertiary alicyclic amines) is 1. The normalized spacial score (nSPS) is 22.0. The number of anilines is 1. The van der Waals surface area contributed by atoms with Gasteiger partial charge in [0.2, 0.25) is 9.84 Å². The Morgan fingerprint density at radius 3 is 2.41 bits per heavy atom. The van der Waals surface area contributed by atoms with Crippen molar-refractivity contribution < 1.29 is 17.9 Å². The van der Waals surface area contributed by atoms with Gasteiger partial charge < -0.3 is 24.4 Å². The maximum absolute atomic E-state index is 13.0. The molecular formula is C37H47N7O4S. The van der Waals surface area contributed by atoms with E-state index in [1.165, 1.54) is 22.6 Å². The number of alkyl carbamates (subject to hydrolysis) is 1. The maximum Gasteiger partial charge on any atom is 0.407 e. The van der Waals surface area contributed by atoms with Crippen LogP contribution in [0, 0.1) is 17.8 Å². The van der Waals surface area contributed by atoms with E-state index >= 15 is 0 Å². The number of imidazole rings is 1. The van der Waals surface area contributed by atoms with Crippen LogP contribution in [-0.4, -0.2) is 84.6 Å². The van der Waals surface area contributed by atoms with Crippen LogP contribution < -0.4 is 10.2 Å². The molecule has 1 amide bonds. The minimum absolute atomic E-state index is 0.132. The topological polar surface area (TPSA) is 115 Å². The predicted octanol–water partition coefficient (Wildman–Crippen LogP) is 4.76. The van der Waals surface area contributed by atoms with Gasteiger partial charge in [-0.15, -0.1) is 0 Å². The van der Waals surface area contributed by atoms with Gasteiger partial charge in [0.1, 0.15) is 11.0 Å². The molecule has 1 N–H and O–H groups in total. The number of aromatic nitrogens is 4. The van der Waals surface area contributed by atoms with Gasteiger partial charge in [-0.05, 0) is 80.9 Å². The quantitative estimate of drug-likeness (QED) is 0.241. The van der Waals surface area contributed by atoms with Crippen LogP contribution >= 0.6 is 0 Å². The first-order valence-corrected chi connectivity index (χ1v) is 19.0. The Morgan fingerprint density at radius 2 is 1.76 bits per heavy atom. The number of rotatable bonds is 11. The average Bonchev–Trinajstić information content (AvgIpc) is 3.89. The number of ether oxygens (including phenoxy) is 1. The monoisotopic (exact) mass is 685 g/mol. The Bertz CT molecular complexity index is 1800. The zero-order chi connectivity index (χ0) is 34.0. The molecule has 0 bridgehead atoms. The van der Waals surface area contributed by atoms with Crippen molar-refractivity contribution in [3.8, 4) is 0 Å². The van der Waals surface area contributed by atoms with Crippen molar-refractivity contribution in [1.29, 1.82) is 0 Å². The lowest BCUT2D eigenvalue weighted by atomic mass is 9.58. The summed E-state index contributed by atoms with van der Waals surface area (Å²) in [6.07, 6.45) is 13.4. The highest BCUT2D eigenvalue weighted by Crippen LogP contribution is 2.52. The fourth-order valence-electron chi connectivity index (χ4n) is 8.78. The second kappa shape index (κ2) is 14.0. The van der Waals surface area contributed by atoms with Crippen molar-refractivity contribution in [3.05, 3.63) is 91.3 Å². The first kappa shape index (κ1) is 33.3. The van der Waals surface area contributed by atoms with Gasteiger partial charge in [-0.1, -0.05) is 30.3 Å². The summed E-state index contributed by atoms with van der Waals surface area (Å²) in [6.45, 7) is 5.86. The van der Waals surface area contributed by atoms with E-state index in [0.29, 0.717) is 11.8 Å². The van der Waals surface area contributed by atoms with Crippen LogP contribution in [0.2, 0.25) is 0 Å². The lowest BCUT2D eigenvalue weighted by molar-refractivity contribution is 0.00203.